The minimum absolute atomic E-state index is 0.186. The molecule has 0 bridgehead atoms. The van der Waals surface area contributed by atoms with Crippen LogP contribution in [0.2, 0.25) is 0 Å². The fourth-order valence-corrected chi connectivity index (χ4v) is 1.45. The summed E-state index contributed by atoms with van der Waals surface area (Å²) in [4.78, 5) is 14.6. The van der Waals surface area contributed by atoms with Crippen molar-refractivity contribution in [1.29, 1.82) is 0 Å². The SMILES string of the molecule is O=C1N=CC=C2O[C@H](Br)C=C12. The first-order valence-electron chi connectivity index (χ1n) is 3.09. The lowest BCUT2D eigenvalue weighted by Gasteiger charge is -2.04. The maximum Gasteiger partial charge on any atom is 0.280 e. The molecular weight excluding hydrogens is 210 g/mol. The fourth-order valence-electron chi connectivity index (χ4n) is 0.980. The Hall–Kier alpha value is -0.900. The maximum absolute atomic E-state index is 11.0. The van der Waals surface area contributed by atoms with Crippen LogP contribution in [0.25, 0.3) is 0 Å². The van der Waals surface area contributed by atoms with Crippen LogP contribution in [0.1, 0.15) is 0 Å². The van der Waals surface area contributed by atoms with Crippen LogP contribution in [-0.2, 0) is 9.53 Å². The third kappa shape index (κ3) is 1.03. The first-order valence-corrected chi connectivity index (χ1v) is 4.00. The molecule has 0 aromatic carbocycles. The standard InChI is InChI=1S/C7H4BrNO2/c8-6-3-4-5(11-6)1-2-9-7(4)10/h1-3,6H/t6-/m0/s1. The van der Waals surface area contributed by atoms with Crippen LogP contribution >= 0.6 is 15.9 Å². The second-order valence-corrected chi connectivity index (χ2v) is 3.07. The summed E-state index contributed by atoms with van der Waals surface area (Å²) >= 11 is 3.21. The molecule has 3 nitrogen and oxygen atoms in total. The number of nitrogens with zero attached hydrogens (tertiary/aromatic N) is 1. The molecule has 11 heavy (non-hydrogen) atoms. The van der Waals surface area contributed by atoms with Gasteiger partial charge in [-0.25, -0.2) is 4.99 Å². The number of halogens is 1. The Morgan fingerprint density at radius 3 is 3.18 bits per heavy atom. The lowest BCUT2D eigenvalue weighted by atomic mass is 10.2. The predicted octanol–water partition coefficient (Wildman–Crippen LogP) is 1.16. The summed E-state index contributed by atoms with van der Waals surface area (Å²) in [5.74, 6) is 0.372. The van der Waals surface area contributed by atoms with Crippen molar-refractivity contribution in [3.8, 4) is 0 Å². The smallest absolute Gasteiger partial charge is 0.280 e. The largest absolute Gasteiger partial charge is 0.474 e. The minimum atomic E-state index is -0.232. The van der Waals surface area contributed by atoms with Crippen LogP contribution in [0.3, 0.4) is 0 Å². The van der Waals surface area contributed by atoms with Gasteiger partial charge in [0.2, 0.25) is 0 Å². The molecule has 4 heteroatoms. The molecule has 0 saturated carbocycles. The van der Waals surface area contributed by atoms with Crippen LogP contribution in [0.15, 0.2) is 28.5 Å². The van der Waals surface area contributed by atoms with E-state index in [1.54, 1.807) is 12.2 Å². The molecule has 0 N–H and O–H groups in total. The van der Waals surface area contributed by atoms with Gasteiger partial charge >= 0.3 is 0 Å². The summed E-state index contributed by atoms with van der Waals surface area (Å²) < 4.78 is 5.21. The molecule has 56 valence electrons. The number of dihydropyridines is 1. The lowest BCUT2D eigenvalue weighted by Crippen LogP contribution is -2.04. The Morgan fingerprint density at radius 2 is 2.45 bits per heavy atom. The van der Waals surface area contributed by atoms with Gasteiger partial charge in [-0.15, -0.1) is 0 Å². The molecule has 0 unspecified atom stereocenters. The van der Waals surface area contributed by atoms with Gasteiger partial charge in [0.15, 0.2) is 5.01 Å². The minimum Gasteiger partial charge on any atom is -0.474 e. The molecule has 1 amide bonds. The number of amides is 1. The molecule has 2 rings (SSSR count). The zero-order valence-electron chi connectivity index (χ0n) is 5.45. The van der Waals surface area contributed by atoms with Gasteiger partial charge in [0.1, 0.15) is 5.76 Å². The molecule has 0 radical (unpaired) electrons. The fraction of sp³-hybridized carbons (Fsp3) is 0.143. The van der Waals surface area contributed by atoms with Crippen molar-refractivity contribution >= 4 is 28.1 Å². The number of allylic oxidation sites excluding steroid dienone is 1. The number of alkyl halides is 1. The normalized spacial score (nSPS) is 27.4. The molecular formula is C7H4BrNO2. The molecule has 0 fully saturated rings. The summed E-state index contributed by atoms with van der Waals surface area (Å²) in [6, 6.07) is 0. The Balaban J connectivity index is 2.44. The molecule has 1 atom stereocenters. The average molecular weight is 214 g/mol. The average Bonchev–Trinajstić information content (AvgIpc) is 2.31. The number of carbonyl (C=O) groups is 1. The number of fused-ring (bicyclic) bond motifs is 1. The Labute approximate surface area is 71.6 Å². The van der Waals surface area contributed by atoms with E-state index in [1.807, 2.05) is 0 Å². The Bertz CT molecular complexity index is 304. The Morgan fingerprint density at radius 1 is 1.64 bits per heavy atom. The van der Waals surface area contributed by atoms with E-state index in [1.165, 1.54) is 6.21 Å². The first-order chi connectivity index (χ1) is 5.27. The van der Waals surface area contributed by atoms with Crippen molar-refractivity contribution < 1.29 is 9.53 Å². The molecule has 0 aromatic heterocycles. The number of carbonyl (C=O) groups excluding carboxylic acids is 1. The van der Waals surface area contributed by atoms with E-state index in [0.717, 1.165) is 0 Å². The summed E-state index contributed by atoms with van der Waals surface area (Å²) in [5.41, 5.74) is 0.550. The zero-order valence-corrected chi connectivity index (χ0v) is 7.04. The van der Waals surface area contributed by atoms with E-state index in [2.05, 4.69) is 20.9 Å². The number of hydrogen-bond acceptors (Lipinski definition) is 2. The maximum atomic E-state index is 11.0. The van der Waals surface area contributed by atoms with Gasteiger partial charge in [-0.05, 0) is 28.1 Å². The molecule has 0 spiro atoms. The van der Waals surface area contributed by atoms with Gasteiger partial charge in [0, 0.05) is 6.21 Å². The summed E-state index contributed by atoms with van der Waals surface area (Å²) in [6.07, 6.45) is 4.82. The zero-order chi connectivity index (χ0) is 7.84. The number of aliphatic imine (C=N–C) groups is 1. The highest BCUT2D eigenvalue weighted by molar-refractivity contribution is 9.09. The second-order valence-electron chi connectivity index (χ2n) is 2.16. The number of ether oxygens (including phenoxy) is 1. The summed E-state index contributed by atoms with van der Waals surface area (Å²) in [5, 5.41) is -0.186. The van der Waals surface area contributed by atoms with Crippen LogP contribution in [0.4, 0.5) is 0 Å². The van der Waals surface area contributed by atoms with Gasteiger partial charge in [0.05, 0.1) is 5.57 Å². The highest BCUT2D eigenvalue weighted by Crippen LogP contribution is 2.28. The van der Waals surface area contributed by atoms with Crippen molar-refractivity contribution in [3.63, 3.8) is 0 Å². The van der Waals surface area contributed by atoms with Crippen molar-refractivity contribution in [2.24, 2.45) is 4.99 Å². The monoisotopic (exact) mass is 213 g/mol. The molecule has 2 aliphatic heterocycles. The van der Waals surface area contributed by atoms with Crippen molar-refractivity contribution in [2.75, 3.05) is 0 Å². The molecule has 0 aliphatic carbocycles. The quantitative estimate of drug-likeness (QED) is 0.567. The number of rotatable bonds is 0. The molecule has 2 aliphatic rings. The van der Waals surface area contributed by atoms with Crippen molar-refractivity contribution in [2.45, 2.75) is 5.01 Å². The van der Waals surface area contributed by atoms with E-state index in [-0.39, 0.29) is 10.9 Å². The molecule has 0 aromatic rings. The third-order valence-electron chi connectivity index (χ3n) is 1.45. The summed E-state index contributed by atoms with van der Waals surface area (Å²) in [7, 11) is 0. The van der Waals surface area contributed by atoms with Crippen molar-refractivity contribution in [3.05, 3.63) is 23.5 Å². The highest BCUT2D eigenvalue weighted by Gasteiger charge is 2.26. The van der Waals surface area contributed by atoms with Gasteiger partial charge in [-0.1, -0.05) is 0 Å². The Kier molecular flexibility index (Phi) is 1.42. The van der Waals surface area contributed by atoms with Gasteiger partial charge in [0.25, 0.3) is 5.91 Å². The van der Waals surface area contributed by atoms with Crippen molar-refractivity contribution in [1.82, 2.24) is 0 Å². The van der Waals surface area contributed by atoms with Crippen LogP contribution in [0.5, 0.6) is 0 Å². The lowest BCUT2D eigenvalue weighted by molar-refractivity contribution is -0.114. The summed E-state index contributed by atoms with van der Waals surface area (Å²) in [6.45, 7) is 0. The van der Waals surface area contributed by atoms with Gasteiger partial charge < -0.3 is 4.74 Å². The third-order valence-corrected chi connectivity index (χ3v) is 1.90. The van der Waals surface area contributed by atoms with E-state index in [0.29, 0.717) is 11.3 Å². The van der Waals surface area contributed by atoms with E-state index < -0.39 is 0 Å². The van der Waals surface area contributed by atoms with E-state index in [4.69, 9.17) is 4.74 Å². The van der Waals surface area contributed by atoms with E-state index in [9.17, 15) is 4.79 Å². The van der Waals surface area contributed by atoms with Gasteiger partial charge in [-0.3, -0.25) is 4.79 Å². The van der Waals surface area contributed by atoms with Crippen LogP contribution in [-0.4, -0.2) is 17.1 Å². The van der Waals surface area contributed by atoms with Gasteiger partial charge in [-0.2, -0.15) is 0 Å². The predicted molar refractivity (Wildman–Crippen MR) is 43.5 cm³/mol. The van der Waals surface area contributed by atoms with E-state index >= 15 is 0 Å². The topological polar surface area (TPSA) is 38.7 Å². The number of hydrogen-bond donors (Lipinski definition) is 0. The second kappa shape index (κ2) is 2.30. The van der Waals surface area contributed by atoms with Crippen LogP contribution in [0, 0.1) is 0 Å². The van der Waals surface area contributed by atoms with Crippen LogP contribution < -0.4 is 0 Å². The molecule has 2 heterocycles. The molecule has 0 saturated heterocycles. The first kappa shape index (κ1) is 6.79. The highest BCUT2D eigenvalue weighted by atomic mass is 79.9.